The highest BCUT2D eigenvalue weighted by atomic mass is 16.5. The molecule has 0 aliphatic rings. The van der Waals surface area contributed by atoms with E-state index in [-0.39, 0.29) is 18.1 Å². The summed E-state index contributed by atoms with van der Waals surface area (Å²) in [6, 6.07) is 21.8. The van der Waals surface area contributed by atoms with Crippen molar-refractivity contribution in [1.82, 2.24) is 0 Å². The largest absolute Gasteiger partial charge is 0.483 e. The number of nitrogens with zero attached hydrogens (tertiary/aromatic N) is 1. The van der Waals surface area contributed by atoms with Gasteiger partial charge >= 0.3 is 0 Å². The van der Waals surface area contributed by atoms with Crippen molar-refractivity contribution in [2.24, 2.45) is 0 Å². The number of aryl methyl sites for hydroxylation is 3. The minimum atomic E-state index is -0.523. The monoisotopic (exact) mass is 439 g/mol. The van der Waals surface area contributed by atoms with E-state index in [1.54, 1.807) is 30.3 Å². The number of rotatable bonds is 7. The third-order valence-electron chi connectivity index (χ3n) is 5.01. The topological polar surface area (TPSA) is 91.2 Å². The number of para-hydroxylation sites is 1. The number of hydrogen-bond acceptors (Lipinski definition) is 4. The third kappa shape index (κ3) is 6.55. The standard InChI is InChI=1S/C27H25N3O3/c1-18-7-6-9-23(13-18)30-27(32)22(16-28)15-21-8-4-5-10-25(21)33-17-26(31)29-24-12-11-19(2)20(3)14-24/h4-15H,17H2,1-3H3,(H,29,31)(H,30,32)/b22-15+. The summed E-state index contributed by atoms with van der Waals surface area (Å²) in [5, 5.41) is 15.1. The van der Waals surface area contributed by atoms with E-state index < -0.39 is 5.91 Å². The van der Waals surface area contributed by atoms with Crippen molar-refractivity contribution in [1.29, 1.82) is 5.26 Å². The van der Waals surface area contributed by atoms with Gasteiger partial charge in [0.15, 0.2) is 6.61 Å². The van der Waals surface area contributed by atoms with Crippen molar-refractivity contribution in [3.8, 4) is 11.8 Å². The number of ether oxygens (including phenoxy) is 1. The Bertz CT molecular complexity index is 1260. The van der Waals surface area contributed by atoms with Crippen LogP contribution in [0, 0.1) is 32.1 Å². The Labute approximate surface area is 193 Å². The van der Waals surface area contributed by atoms with E-state index in [9.17, 15) is 14.9 Å². The van der Waals surface area contributed by atoms with Gasteiger partial charge in [-0.05, 0) is 73.9 Å². The Morgan fingerprint density at radius 2 is 1.67 bits per heavy atom. The van der Waals surface area contributed by atoms with Crippen LogP contribution in [0.15, 0.2) is 72.3 Å². The van der Waals surface area contributed by atoms with Crippen LogP contribution in [0.4, 0.5) is 11.4 Å². The molecule has 166 valence electrons. The van der Waals surface area contributed by atoms with Gasteiger partial charge in [-0.2, -0.15) is 5.26 Å². The van der Waals surface area contributed by atoms with Crippen molar-refractivity contribution in [2.45, 2.75) is 20.8 Å². The number of hydrogen-bond donors (Lipinski definition) is 2. The van der Waals surface area contributed by atoms with Crippen molar-refractivity contribution in [3.63, 3.8) is 0 Å². The molecule has 0 spiro atoms. The van der Waals surface area contributed by atoms with E-state index in [0.29, 0.717) is 22.7 Å². The van der Waals surface area contributed by atoms with Gasteiger partial charge in [-0.3, -0.25) is 9.59 Å². The van der Waals surface area contributed by atoms with E-state index in [1.165, 1.54) is 6.08 Å². The second kappa shape index (κ2) is 10.8. The molecule has 0 saturated heterocycles. The van der Waals surface area contributed by atoms with Gasteiger partial charge < -0.3 is 15.4 Å². The first kappa shape index (κ1) is 23.3. The molecule has 3 aromatic rings. The Balaban J connectivity index is 1.69. The highest BCUT2D eigenvalue weighted by Crippen LogP contribution is 2.22. The van der Waals surface area contributed by atoms with Crippen molar-refractivity contribution in [2.75, 3.05) is 17.2 Å². The van der Waals surface area contributed by atoms with Crippen LogP contribution >= 0.6 is 0 Å². The average molecular weight is 440 g/mol. The molecular formula is C27H25N3O3. The van der Waals surface area contributed by atoms with Crippen LogP contribution in [0.5, 0.6) is 5.75 Å². The molecule has 6 nitrogen and oxygen atoms in total. The van der Waals surface area contributed by atoms with Gasteiger partial charge in [0, 0.05) is 16.9 Å². The lowest BCUT2D eigenvalue weighted by Gasteiger charge is -2.11. The summed E-state index contributed by atoms with van der Waals surface area (Å²) in [5.74, 6) is -0.441. The van der Waals surface area contributed by atoms with Crippen LogP contribution < -0.4 is 15.4 Å². The van der Waals surface area contributed by atoms with Crippen LogP contribution in [0.25, 0.3) is 6.08 Å². The zero-order valence-electron chi connectivity index (χ0n) is 18.8. The first-order valence-corrected chi connectivity index (χ1v) is 10.4. The normalized spacial score (nSPS) is 10.8. The summed E-state index contributed by atoms with van der Waals surface area (Å²) in [7, 11) is 0. The van der Waals surface area contributed by atoms with Gasteiger partial charge in [0.2, 0.25) is 0 Å². The average Bonchev–Trinajstić information content (AvgIpc) is 2.79. The maximum atomic E-state index is 12.6. The first-order valence-electron chi connectivity index (χ1n) is 10.4. The molecule has 33 heavy (non-hydrogen) atoms. The molecule has 2 N–H and O–H groups in total. The van der Waals surface area contributed by atoms with E-state index >= 15 is 0 Å². The fraction of sp³-hybridized carbons (Fsp3) is 0.148. The van der Waals surface area contributed by atoms with Crippen LogP contribution in [-0.4, -0.2) is 18.4 Å². The predicted molar refractivity (Wildman–Crippen MR) is 130 cm³/mol. The van der Waals surface area contributed by atoms with Crippen LogP contribution in [0.2, 0.25) is 0 Å². The molecule has 0 atom stereocenters. The van der Waals surface area contributed by atoms with Gasteiger partial charge in [-0.1, -0.05) is 36.4 Å². The summed E-state index contributed by atoms with van der Waals surface area (Å²) >= 11 is 0. The molecule has 0 heterocycles. The molecule has 0 aliphatic heterocycles. The van der Waals surface area contributed by atoms with Crippen LogP contribution in [0.3, 0.4) is 0 Å². The first-order chi connectivity index (χ1) is 15.9. The Kier molecular flexibility index (Phi) is 7.61. The summed E-state index contributed by atoms with van der Waals surface area (Å²) in [5.41, 5.74) is 4.96. The van der Waals surface area contributed by atoms with E-state index in [4.69, 9.17) is 4.74 Å². The molecule has 0 radical (unpaired) electrons. The molecular weight excluding hydrogens is 414 g/mol. The van der Waals surface area contributed by atoms with Crippen molar-refractivity contribution in [3.05, 3.63) is 94.6 Å². The minimum absolute atomic E-state index is 0.0767. The highest BCUT2D eigenvalue weighted by molar-refractivity contribution is 6.09. The van der Waals surface area contributed by atoms with Crippen molar-refractivity contribution >= 4 is 29.3 Å². The van der Waals surface area contributed by atoms with Gasteiger partial charge in [0.25, 0.3) is 11.8 Å². The quantitative estimate of drug-likeness (QED) is 0.392. The molecule has 0 aromatic heterocycles. The smallest absolute Gasteiger partial charge is 0.266 e. The SMILES string of the molecule is Cc1cccc(NC(=O)/C(C#N)=C/c2ccccc2OCC(=O)Nc2ccc(C)c(C)c2)c1. The fourth-order valence-corrected chi connectivity index (χ4v) is 3.12. The summed E-state index contributed by atoms with van der Waals surface area (Å²) in [6.45, 7) is 5.69. The summed E-state index contributed by atoms with van der Waals surface area (Å²) in [6.07, 6.45) is 1.45. The molecule has 0 fully saturated rings. The van der Waals surface area contributed by atoms with Gasteiger partial charge in [0.05, 0.1) is 0 Å². The van der Waals surface area contributed by atoms with E-state index in [0.717, 1.165) is 16.7 Å². The van der Waals surface area contributed by atoms with Gasteiger partial charge in [0.1, 0.15) is 17.4 Å². The summed E-state index contributed by atoms with van der Waals surface area (Å²) in [4.78, 5) is 24.9. The number of amides is 2. The maximum Gasteiger partial charge on any atom is 0.266 e. The fourth-order valence-electron chi connectivity index (χ4n) is 3.12. The maximum absolute atomic E-state index is 12.6. The van der Waals surface area contributed by atoms with Crippen LogP contribution in [0.1, 0.15) is 22.3 Å². The van der Waals surface area contributed by atoms with Gasteiger partial charge in [-0.25, -0.2) is 0 Å². The Hall–Kier alpha value is -4.37. The lowest BCUT2D eigenvalue weighted by atomic mass is 10.1. The number of benzene rings is 3. The molecule has 0 bridgehead atoms. The number of carbonyl (C=O) groups excluding carboxylic acids is 2. The van der Waals surface area contributed by atoms with Crippen LogP contribution in [-0.2, 0) is 9.59 Å². The molecule has 0 unspecified atom stereocenters. The molecule has 3 aromatic carbocycles. The zero-order chi connectivity index (χ0) is 23.8. The van der Waals surface area contributed by atoms with Gasteiger partial charge in [-0.15, -0.1) is 0 Å². The summed E-state index contributed by atoms with van der Waals surface area (Å²) < 4.78 is 5.69. The predicted octanol–water partition coefficient (Wildman–Crippen LogP) is 5.18. The number of anilines is 2. The number of carbonyl (C=O) groups is 2. The molecule has 3 rings (SSSR count). The number of nitriles is 1. The van der Waals surface area contributed by atoms with E-state index in [2.05, 4.69) is 10.6 Å². The second-order valence-electron chi connectivity index (χ2n) is 7.67. The van der Waals surface area contributed by atoms with Crippen molar-refractivity contribution < 1.29 is 14.3 Å². The lowest BCUT2D eigenvalue weighted by Crippen LogP contribution is -2.20. The minimum Gasteiger partial charge on any atom is -0.483 e. The zero-order valence-corrected chi connectivity index (χ0v) is 18.8. The third-order valence-corrected chi connectivity index (χ3v) is 5.01. The lowest BCUT2D eigenvalue weighted by molar-refractivity contribution is -0.118. The molecule has 0 saturated carbocycles. The van der Waals surface area contributed by atoms with E-state index in [1.807, 2.05) is 63.2 Å². The highest BCUT2D eigenvalue weighted by Gasteiger charge is 2.12. The molecule has 2 amide bonds. The Morgan fingerprint density at radius 1 is 0.909 bits per heavy atom. The Morgan fingerprint density at radius 3 is 2.39 bits per heavy atom. The number of nitrogens with one attached hydrogen (secondary N) is 2. The molecule has 6 heteroatoms. The second-order valence-corrected chi connectivity index (χ2v) is 7.67. The molecule has 0 aliphatic carbocycles.